The standard InChI is InChI=1S/C28H34N6O5/c1-18(2)24(34-28(38)39-16-20-11-7-4-8-12-20)27(37)33-23(13-19-9-5-3-6-10-19)26(36)32-22(25(29)35)14-21-15-30-17-31-21/h3-12,15,17-18,22-24H,13-14,16H2,1-2H3,(H2,29,35)(H,30,31)(H,32,36)(H,33,37)(H,34,38)/t22-,23-,24-/m0/s1. The number of carbonyl (C=O) groups is 4. The molecule has 0 fully saturated rings. The first kappa shape index (κ1) is 28.9. The summed E-state index contributed by atoms with van der Waals surface area (Å²) < 4.78 is 5.27. The fourth-order valence-corrected chi connectivity index (χ4v) is 3.86. The van der Waals surface area contributed by atoms with Gasteiger partial charge in [0.05, 0.1) is 6.33 Å². The summed E-state index contributed by atoms with van der Waals surface area (Å²) >= 11 is 0. The van der Waals surface area contributed by atoms with Gasteiger partial charge in [-0.2, -0.15) is 0 Å². The SMILES string of the molecule is CC(C)[C@H](NC(=O)OCc1ccccc1)C(=O)N[C@@H](Cc1ccccc1)C(=O)N[C@@H](Cc1cnc[nH]1)C(N)=O. The fraction of sp³-hybridized carbons (Fsp3) is 0.321. The molecule has 1 heterocycles. The molecule has 3 aromatic rings. The first-order valence-corrected chi connectivity index (χ1v) is 12.6. The third-order valence-electron chi connectivity index (χ3n) is 5.99. The molecule has 1 aromatic heterocycles. The van der Waals surface area contributed by atoms with E-state index in [4.69, 9.17) is 10.5 Å². The van der Waals surface area contributed by atoms with Crippen molar-refractivity contribution in [1.29, 1.82) is 0 Å². The van der Waals surface area contributed by atoms with Crippen molar-refractivity contribution < 1.29 is 23.9 Å². The summed E-state index contributed by atoms with van der Waals surface area (Å²) in [4.78, 5) is 58.0. The number of aromatic amines is 1. The van der Waals surface area contributed by atoms with E-state index in [-0.39, 0.29) is 25.4 Å². The van der Waals surface area contributed by atoms with Gasteiger partial charge in [0.2, 0.25) is 17.7 Å². The molecule has 39 heavy (non-hydrogen) atoms. The number of alkyl carbamates (subject to hydrolysis) is 1. The Bertz CT molecular complexity index is 1220. The smallest absolute Gasteiger partial charge is 0.408 e. The highest BCUT2D eigenvalue weighted by atomic mass is 16.5. The average molecular weight is 535 g/mol. The van der Waals surface area contributed by atoms with Crippen molar-refractivity contribution in [3.05, 3.63) is 90.0 Å². The number of nitrogens with one attached hydrogen (secondary N) is 4. The minimum absolute atomic E-state index is 0.0446. The lowest BCUT2D eigenvalue weighted by Gasteiger charge is -2.26. The van der Waals surface area contributed by atoms with Crippen LogP contribution in [0.25, 0.3) is 0 Å². The van der Waals surface area contributed by atoms with Crippen LogP contribution in [0, 0.1) is 5.92 Å². The maximum atomic E-state index is 13.3. The minimum Gasteiger partial charge on any atom is -0.445 e. The second-order valence-electron chi connectivity index (χ2n) is 9.42. The Morgan fingerprint density at radius 2 is 1.46 bits per heavy atom. The van der Waals surface area contributed by atoms with E-state index in [1.54, 1.807) is 13.8 Å². The van der Waals surface area contributed by atoms with Gasteiger partial charge in [0.25, 0.3) is 0 Å². The molecular weight excluding hydrogens is 500 g/mol. The highest BCUT2D eigenvalue weighted by molar-refractivity contribution is 5.93. The van der Waals surface area contributed by atoms with Gasteiger partial charge in [0, 0.05) is 24.7 Å². The van der Waals surface area contributed by atoms with Crippen LogP contribution < -0.4 is 21.7 Å². The van der Waals surface area contributed by atoms with Crippen LogP contribution in [-0.4, -0.2) is 51.9 Å². The van der Waals surface area contributed by atoms with E-state index >= 15 is 0 Å². The summed E-state index contributed by atoms with van der Waals surface area (Å²) in [6.07, 6.45) is 2.48. The van der Waals surface area contributed by atoms with Crippen LogP contribution in [-0.2, 0) is 38.6 Å². The molecule has 0 aliphatic carbocycles. The number of rotatable bonds is 13. The van der Waals surface area contributed by atoms with E-state index in [1.165, 1.54) is 12.5 Å². The lowest BCUT2D eigenvalue weighted by atomic mass is 10.0. The Morgan fingerprint density at radius 1 is 0.846 bits per heavy atom. The highest BCUT2D eigenvalue weighted by Crippen LogP contribution is 2.09. The molecule has 0 radical (unpaired) electrons. The molecule has 4 amide bonds. The Kier molecular flexibility index (Phi) is 10.6. The first-order chi connectivity index (χ1) is 18.7. The molecule has 0 spiro atoms. The van der Waals surface area contributed by atoms with Crippen molar-refractivity contribution in [3.63, 3.8) is 0 Å². The van der Waals surface area contributed by atoms with E-state index in [1.807, 2.05) is 60.7 Å². The summed E-state index contributed by atoms with van der Waals surface area (Å²) in [7, 11) is 0. The van der Waals surface area contributed by atoms with E-state index in [2.05, 4.69) is 25.9 Å². The Labute approximate surface area is 226 Å². The number of aromatic nitrogens is 2. The molecule has 2 aromatic carbocycles. The highest BCUT2D eigenvalue weighted by Gasteiger charge is 2.31. The Balaban J connectivity index is 1.70. The summed E-state index contributed by atoms with van der Waals surface area (Å²) in [5.41, 5.74) is 7.74. The van der Waals surface area contributed by atoms with Crippen molar-refractivity contribution in [1.82, 2.24) is 25.9 Å². The third-order valence-corrected chi connectivity index (χ3v) is 5.99. The van der Waals surface area contributed by atoms with Gasteiger partial charge in [0.1, 0.15) is 24.7 Å². The quantitative estimate of drug-likeness (QED) is 0.223. The predicted molar refractivity (Wildman–Crippen MR) is 144 cm³/mol. The number of carbonyl (C=O) groups excluding carboxylic acids is 4. The van der Waals surface area contributed by atoms with Gasteiger partial charge in [-0.3, -0.25) is 14.4 Å². The maximum Gasteiger partial charge on any atom is 0.408 e. The number of nitrogens with zero attached hydrogens (tertiary/aromatic N) is 1. The number of primary amides is 1. The van der Waals surface area contributed by atoms with E-state index < -0.39 is 41.9 Å². The molecule has 11 heteroatoms. The van der Waals surface area contributed by atoms with Crippen molar-refractivity contribution in [2.45, 2.75) is 51.4 Å². The molecule has 3 atom stereocenters. The van der Waals surface area contributed by atoms with E-state index in [0.717, 1.165) is 11.1 Å². The lowest BCUT2D eigenvalue weighted by Crippen LogP contribution is -2.58. The summed E-state index contributed by atoms with van der Waals surface area (Å²) in [6.45, 7) is 3.58. The van der Waals surface area contributed by atoms with Crippen LogP contribution in [0.5, 0.6) is 0 Å². The zero-order valence-corrected chi connectivity index (χ0v) is 21.9. The van der Waals surface area contributed by atoms with Crippen molar-refractivity contribution in [2.75, 3.05) is 0 Å². The minimum atomic E-state index is -1.05. The molecule has 0 saturated carbocycles. The second kappa shape index (κ2) is 14.3. The number of ether oxygens (including phenoxy) is 1. The molecule has 206 valence electrons. The van der Waals surface area contributed by atoms with Crippen LogP contribution in [0.3, 0.4) is 0 Å². The summed E-state index contributed by atoms with van der Waals surface area (Å²) in [6, 6.07) is 15.2. The Hall–Kier alpha value is -4.67. The third kappa shape index (κ3) is 9.29. The average Bonchev–Trinajstić information content (AvgIpc) is 3.44. The molecule has 0 bridgehead atoms. The zero-order valence-electron chi connectivity index (χ0n) is 21.9. The number of amides is 4. The van der Waals surface area contributed by atoms with Crippen molar-refractivity contribution >= 4 is 23.8 Å². The number of nitrogens with two attached hydrogens (primary N) is 1. The van der Waals surface area contributed by atoms with Gasteiger partial charge in [-0.15, -0.1) is 0 Å². The van der Waals surface area contributed by atoms with Gasteiger partial charge >= 0.3 is 6.09 Å². The maximum absolute atomic E-state index is 13.3. The normalized spacial score (nSPS) is 13.1. The van der Waals surface area contributed by atoms with Crippen molar-refractivity contribution in [2.24, 2.45) is 11.7 Å². The number of benzene rings is 2. The largest absolute Gasteiger partial charge is 0.445 e. The van der Waals surface area contributed by atoms with Crippen LogP contribution in [0.15, 0.2) is 73.2 Å². The summed E-state index contributed by atoms with van der Waals surface area (Å²) in [5.74, 6) is -2.20. The second-order valence-corrected chi connectivity index (χ2v) is 9.42. The summed E-state index contributed by atoms with van der Waals surface area (Å²) in [5, 5.41) is 7.97. The molecule has 0 saturated heterocycles. The van der Waals surface area contributed by atoms with Gasteiger partial charge in [0.15, 0.2) is 0 Å². The molecule has 11 nitrogen and oxygen atoms in total. The predicted octanol–water partition coefficient (Wildman–Crippen LogP) is 1.60. The number of H-pyrrole nitrogens is 1. The molecule has 6 N–H and O–H groups in total. The molecule has 0 aliphatic heterocycles. The fourth-order valence-electron chi connectivity index (χ4n) is 3.86. The lowest BCUT2D eigenvalue weighted by molar-refractivity contribution is -0.132. The molecule has 0 aliphatic rings. The van der Waals surface area contributed by atoms with Crippen LogP contribution in [0.4, 0.5) is 4.79 Å². The van der Waals surface area contributed by atoms with E-state index in [9.17, 15) is 19.2 Å². The van der Waals surface area contributed by atoms with Gasteiger partial charge in [-0.1, -0.05) is 74.5 Å². The van der Waals surface area contributed by atoms with E-state index in [0.29, 0.717) is 5.69 Å². The monoisotopic (exact) mass is 534 g/mol. The number of hydrogen-bond donors (Lipinski definition) is 5. The zero-order chi connectivity index (χ0) is 28.2. The first-order valence-electron chi connectivity index (χ1n) is 12.6. The molecular formula is C28H34N6O5. The molecule has 3 rings (SSSR count). The van der Waals surface area contributed by atoms with Gasteiger partial charge < -0.3 is 31.4 Å². The van der Waals surface area contributed by atoms with Crippen LogP contribution >= 0.6 is 0 Å². The molecule has 0 unspecified atom stereocenters. The topological polar surface area (TPSA) is 168 Å². The van der Waals surface area contributed by atoms with Crippen LogP contribution in [0.1, 0.15) is 30.7 Å². The number of hydrogen-bond acceptors (Lipinski definition) is 6. The van der Waals surface area contributed by atoms with Crippen molar-refractivity contribution in [3.8, 4) is 0 Å². The Morgan fingerprint density at radius 3 is 2.03 bits per heavy atom. The van der Waals surface area contributed by atoms with Gasteiger partial charge in [-0.05, 0) is 17.0 Å². The number of imidazole rings is 1. The van der Waals surface area contributed by atoms with Gasteiger partial charge in [-0.25, -0.2) is 9.78 Å². The van der Waals surface area contributed by atoms with Crippen LogP contribution in [0.2, 0.25) is 0 Å².